The summed E-state index contributed by atoms with van der Waals surface area (Å²) in [5, 5.41) is 0.252. The number of carbonyl (C=O) groups is 1. The number of halogens is 5. The molecule has 0 atom stereocenters. The molecule has 1 saturated carbocycles. The molecule has 2 fully saturated rings. The van der Waals surface area contributed by atoms with Crippen LogP contribution in [0.5, 0.6) is 5.75 Å². The second-order valence-corrected chi connectivity index (χ2v) is 12.7. The van der Waals surface area contributed by atoms with Crippen molar-refractivity contribution >= 4 is 27.5 Å². The van der Waals surface area contributed by atoms with Crippen molar-refractivity contribution in [3.63, 3.8) is 0 Å². The molecule has 1 N–H and O–H groups in total. The Morgan fingerprint density at radius 1 is 1.18 bits per heavy atom. The summed E-state index contributed by atoms with van der Waals surface area (Å²) in [6.07, 6.45) is -0.627. The lowest BCUT2D eigenvalue weighted by Gasteiger charge is -2.39. The first-order chi connectivity index (χ1) is 17.6. The second kappa shape index (κ2) is 10.7. The minimum atomic E-state index is -4.46. The number of hydrogen-bond donors (Lipinski definition) is 1. The molecule has 1 aliphatic heterocycles. The number of amides is 1. The van der Waals surface area contributed by atoms with Gasteiger partial charge in [0.1, 0.15) is 11.6 Å². The molecule has 0 aromatic heterocycles. The van der Waals surface area contributed by atoms with E-state index in [4.69, 9.17) is 16.3 Å². The van der Waals surface area contributed by atoms with Gasteiger partial charge in [-0.1, -0.05) is 18.5 Å². The molecule has 1 aliphatic carbocycles. The van der Waals surface area contributed by atoms with E-state index in [0.717, 1.165) is 31.2 Å². The quantitative estimate of drug-likeness (QED) is 0.405. The minimum Gasteiger partial charge on any atom is -0.493 e. The highest BCUT2D eigenvalue weighted by atomic mass is 35.5. The van der Waals surface area contributed by atoms with E-state index in [2.05, 4.69) is 0 Å². The van der Waals surface area contributed by atoms with Crippen molar-refractivity contribution in [2.45, 2.75) is 51.2 Å². The van der Waals surface area contributed by atoms with Gasteiger partial charge in [-0.2, -0.15) is 13.2 Å². The number of likely N-dealkylation sites (tertiary alicyclic amines) is 1. The van der Waals surface area contributed by atoms with Crippen LogP contribution in [-0.4, -0.2) is 45.2 Å². The second-order valence-electron chi connectivity index (χ2n) is 10.5. The van der Waals surface area contributed by atoms with Gasteiger partial charge in [0.05, 0.1) is 24.0 Å². The van der Waals surface area contributed by atoms with Crippen molar-refractivity contribution in [3.05, 3.63) is 63.4 Å². The number of sulfonamides is 1. The molecule has 0 unspecified atom stereocenters. The fourth-order valence-corrected chi connectivity index (χ4v) is 5.31. The fraction of sp³-hybridized carbons (Fsp3) is 0.500. The number of hydrogen-bond acceptors (Lipinski definition) is 5. The average molecular weight is 577 g/mol. The zero-order valence-corrected chi connectivity index (χ0v) is 22.6. The molecule has 12 heteroatoms. The van der Waals surface area contributed by atoms with Gasteiger partial charge in [0, 0.05) is 23.0 Å². The van der Waals surface area contributed by atoms with Crippen molar-refractivity contribution in [1.29, 1.82) is 0 Å². The molecular weight excluding hydrogens is 548 g/mol. The number of piperidine rings is 1. The molecule has 2 aliphatic rings. The van der Waals surface area contributed by atoms with Crippen molar-refractivity contribution < 1.29 is 35.5 Å². The first-order valence-corrected chi connectivity index (χ1v) is 14.5. The first-order valence-electron chi connectivity index (χ1n) is 12.2. The van der Waals surface area contributed by atoms with Gasteiger partial charge in [0.2, 0.25) is 10.0 Å². The summed E-state index contributed by atoms with van der Waals surface area (Å²) in [7, 11) is -3.85. The molecule has 208 valence electrons. The molecule has 0 spiro atoms. The number of alkyl halides is 3. The molecule has 1 saturated heterocycles. The summed E-state index contributed by atoms with van der Waals surface area (Å²) in [6.45, 7) is 3.52. The van der Waals surface area contributed by atoms with Crippen LogP contribution in [0.2, 0.25) is 5.02 Å². The molecule has 1 amide bonds. The Kier molecular flexibility index (Phi) is 8.03. The number of nitrogens with zero attached hydrogens (tertiary/aromatic N) is 1. The number of carbonyl (C=O) groups excluding carboxylic acids is 1. The zero-order valence-electron chi connectivity index (χ0n) is 21.0. The van der Waals surface area contributed by atoms with Gasteiger partial charge in [-0.3, -0.25) is 9.69 Å². The number of nitrogens with one attached hydrogen (secondary N) is 1. The van der Waals surface area contributed by atoms with Gasteiger partial charge in [-0.05, 0) is 80.1 Å². The van der Waals surface area contributed by atoms with Crippen LogP contribution in [0.1, 0.15) is 65.6 Å². The summed E-state index contributed by atoms with van der Waals surface area (Å²) < 4.78 is 85.7. The van der Waals surface area contributed by atoms with E-state index >= 15 is 0 Å². The first kappa shape index (κ1) is 28.6. The molecule has 0 bridgehead atoms. The maximum absolute atomic E-state index is 14.8. The van der Waals surface area contributed by atoms with E-state index in [1.165, 1.54) is 18.2 Å². The maximum Gasteiger partial charge on any atom is 0.416 e. The highest BCUT2D eigenvalue weighted by Crippen LogP contribution is 2.46. The summed E-state index contributed by atoms with van der Waals surface area (Å²) >= 11 is 5.96. The van der Waals surface area contributed by atoms with Crippen LogP contribution in [0.3, 0.4) is 0 Å². The van der Waals surface area contributed by atoms with E-state index < -0.39 is 33.5 Å². The lowest BCUT2D eigenvalue weighted by Crippen LogP contribution is -2.41. The average Bonchev–Trinajstić information content (AvgIpc) is 3.63. The van der Waals surface area contributed by atoms with E-state index in [0.29, 0.717) is 37.2 Å². The van der Waals surface area contributed by atoms with Crippen LogP contribution in [0.25, 0.3) is 0 Å². The third kappa shape index (κ3) is 7.18. The van der Waals surface area contributed by atoms with Crippen LogP contribution >= 0.6 is 11.6 Å². The van der Waals surface area contributed by atoms with Crippen molar-refractivity contribution in [2.75, 3.05) is 26.0 Å². The predicted molar refractivity (Wildman–Crippen MR) is 135 cm³/mol. The van der Waals surface area contributed by atoms with Crippen LogP contribution in [-0.2, 0) is 22.7 Å². The van der Waals surface area contributed by atoms with Gasteiger partial charge >= 0.3 is 6.18 Å². The molecule has 38 heavy (non-hydrogen) atoms. The van der Waals surface area contributed by atoms with Crippen molar-refractivity contribution in [3.8, 4) is 5.75 Å². The highest BCUT2D eigenvalue weighted by Gasteiger charge is 2.36. The Morgan fingerprint density at radius 2 is 1.84 bits per heavy atom. The smallest absolute Gasteiger partial charge is 0.416 e. The Labute approximate surface area is 224 Å². The molecule has 2 aromatic rings. The molecule has 1 heterocycles. The topological polar surface area (TPSA) is 75.7 Å². The zero-order chi connectivity index (χ0) is 27.9. The third-order valence-electron chi connectivity index (χ3n) is 7.05. The predicted octanol–water partition coefficient (Wildman–Crippen LogP) is 5.75. The SMILES string of the molecule is CC1(COc2cc(F)c(C(=O)NS(C)(=O)=O)cc2C2CC2)CCN(Cc2cc(Cl)ccc2C(F)(F)F)CC1. The molecule has 4 rings (SSSR count). The van der Waals surface area contributed by atoms with Crippen molar-refractivity contribution in [2.24, 2.45) is 5.41 Å². The van der Waals surface area contributed by atoms with E-state index in [1.807, 2.05) is 11.8 Å². The molecular formula is C26H29ClF4N2O4S. The lowest BCUT2D eigenvalue weighted by molar-refractivity contribution is -0.138. The Morgan fingerprint density at radius 3 is 2.42 bits per heavy atom. The molecule has 0 radical (unpaired) electrons. The molecule has 6 nitrogen and oxygen atoms in total. The summed E-state index contributed by atoms with van der Waals surface area (Å²) in [5.74, 6) is -1.50. The lowest BCUT2D eigenvalue weighted by atomic mass is 9.81. The number of ether oxygens (including phenoxy) is 1. The van der Waals surface area contributed by atoms with E-state index in [1.54, 1.807) is 4.72 Å². The van der Waals surface area contributed by atoms with Crippen LogP contribution in [0, 0.1) is 11.2 Å². The van der Waals surface area contributed by atoms with Crippen LogP contribution in [0.4, 0.5) is 17.6 Å². The summed E-state index contributed by atoms with van der Waals surface area (Å²) in [6, 6.07) is 6.08. The largest absolute Gasteiger partial charge is 0.493 e. The Hall–Kier alpha value is -2.37. The Bertz CT molecular complexity index is 1320. The standard InChI is InChI=1S/C26H29ClF4N2O4S/c1-25(7-9-33(10-8-25)14-17-11-18(27)5-6-21(17)26(29,30)31)15-37-23-13-22(28)20(12-19(23)16-3-4-16)24(34)32-38(2,35)36/h5-6,11-13,16H,3-4,7-10,14-15H2,1-2H3,(H,32,34). The third-order valence-corrected chi connectivity index (χ3v) is 7.84. The highest BCUT2D eigenvalue weighted by molar-refractivity contribution is 7.89. The van der Waals surface area contributed by atoms with Gasteiger partial charge in [0.25, 0.3) is 5.91 Å². The number of rotatable bonds is 8. The van der Waals surface area contributed by atoms with Gasteiger partial charge in [-0.15, -0.1) is 0 Å². The summed E-state index contributed by atoms with van der Waals surface area (Å²) in [5.41, 5.74) is -0.548. The summed E-state index contributed by atoms with van der Waals surface area (Å²) in [4.78, 5) is 14.2. The van der Waals surface area contributed by atoms with Crippen LogP contribution in [0.15, 0.2) is 30.3 Å². The maximum atomic E-state index is 14.8. The van der Waals surface area contributed by atoms with E-state index in [-0.39, 0.29) is 40.6 Å². The van der Waals surface area contributed by atoms with E-state index in [9.17, 15) is 30.8 Å². The van der Waals surface area contributed by atoms with Gasteiger partial charge in [-0.25, -0.2) is 17.5 Å². The minimum absolute atomic E-state index is 0.102. The van der Waals surface area contributed by atoms with Crippen molar-refractivity contribution in [1.82, 2.24) is 9.62 Å². The normalized spacial score (nSPS) is 18.3. The van der Waals surface area contributed by atoms with Gasteiger partial charge in [0.15, 0.2) is 0 Å². The Balaban J connectivity index is 1.41. The number of benzene rings is 2. The molecule has 2 aromatic carbocycles. The monoisotopic (exact) mass is 576 g/mol. The fourth-order valence-electron chi connectivity index (χ4n) is 4.67. The van der Waals surface area contributed by atoms with Gasteiger partial charge < -0.3 is 4.74 Å². The van der Waals surface area contributed by atoms with Crippen LogP contribution < -0.4 is 9.46 Å².